The molecule has 0 atom stereocenters. The minimum atomic E-state index is 0.759. The van der Waals surface area contributed by atoms with E-state index in [1.165, 1.54) is 11.1 Å². The minimum Gasteiger partial charge on any atom is -0.381 e. The minimum absolute atomic E-state index is 0.759. The highest BCUT2D eigenvalue weighted by Gasteiger charge is 2.01. The number of nitrogens with zero attached hydrogens (tertiary/aromatic N) is 2. The zero-order valence-electron chi connectivity index (χ0n) is 11.1. The van der Waals surface area contributed by atoms with Gasteiger partial charge in [0.15, 0.2) is 0 Å². The lowest BCUT2D eigenvalue weighted by atomic mass is 10.1. The van der Waals surface area contributed by atoms with Crippen LogP contribution in [0.4, 0.5) is 5.69 Å². The number of hydrogen-bond acceptors (Lipinski definition) is 3. The molecular weight excluding hydrogens is 270 g/mol. The maximum Gasteiger partial charge on any atom is 0.0907 e. The van der Waals surface area contributed by atoms with E-state index in [4.69, 9.17) is 11.6 Å². The van der Waals surface area contributed by atoms with Crippen LogP contribution in [0.25, 0.3) is 11.0 Å². The Morgan fingerprint density at radius 1 is 1.00 bits per heavy atom. The largest absolute Gasteiger partial charge is 0.381 e. The summed E-state index contributed by atoms with van der Waals surface area (Å²) in [5, 5.41) is 4.17. The van der Waals surface area contributed by atoms with Crippen molar-refractivity contribution < 1.29 is 0 Å². The first-order valence-corrected chi connectivity index (χ1v) is 6.80. The van der Waals surface area contributed by atoms with Gasteiger partial charge in [-0.3, -0.25) is 9.97 Å². The predicted octanol–water partition coefficient (Wildman–Crippen LogP) is 4.20. The molecule has 0 saturated heterocycles. The number of aryl methyl sites for hydroxylation is 1. The number of rotatable bonds is 3. The first kappa shape index (κ1) is 12.9. The molecule has 2 aromatic carbocycles. The lowest BCUT2D eigenvalue weighted by Crippen LogP contribution is -2.01. The van der Waals surface area contributed by atoms with Crippen molar-refractivity contribution in [3.63, 3.8) is 0 Å². The van der Waals surface area contributed by atoms with Gasteiger partial charge >= 0.3 is 0 Å². The maximum absolute atomic E-state index is 5.96. The first-order valence-electron chi connectivity index (χ1n) is 6.42. The SMILES string of the molecule is Cc1cc(Cl)ccc1CNc1ccc2nccnc2c1. The lowest BCUT2D eigenvalue weighted by Gasteiger charge is -2.10. The molecule has 0 bridgehead atoms. The van der Waals surface area contributed by atoms with Crippen LogP contribution < -0.4 is 5.32 Å². The van der Waals surface area contributed by atoms with Gasteiger partial charge in [0, 0.05) is 29.6 Å². The summed E-state index contributed by atoms with van der Waals surface area (Å²) in [5.41, 5.74) is 5.25. The highest BCUT2D eigenvalue weighted by atomic mass is 35.5. The second-order valence-electron chi connectivity index (χ2n) is 4.68. The third kappa shape index (κ3) is 2.73. The van der Waals surface area contributed by atoms with Gasteiger partial charge in [-0.15, -0.1) is 0 Å². The van der Waals surface area contributed by atoms with Gasteiger partial charge in [-0.2, -0.15) is 0 Å². The number of fused-ring (bicyclic) bond motifs is 1. The van der Waals surface area contributed by atoms with Crippen LogP contribution in [0, 0.1) is 6.92 Å². The van der Waals surface area contributed by atoms with Crippen molar-refractivity contribution in [2.24, 2.45) is 0 Å². The van der Waals surface area contributed by atoms with Crippen molar-refractivity contribution in [3.05, 3.63) is 64.9 Å². The van der Waals surface area contributed by atoms with Gasteiger partial charge < -0.3 is 5.32 Å². The number of aromatic nitrogens is 2. The Hall–Kier alpha value is -2.13. The Balaban J connectivity index is 1.79. The standard InChI is InChI=1S/C16H14ClN3/c1-11-8-13(17)3-2-12(11)10-20-14-4-5-15-16(9-14)19-7-6-18-15/h2-9,20H,10H2,1H3. The van der Waals surface area contributed by atoms with E-state index in [-0.39, 0.29) is 0 Å². The molecule has 1 N–H and O–H groups in total. The smallest absolute Gasteiger partial charge is 0.0907 e. The molecule has 3 nitrogen and oxygen atoms in total. The molecule has 0 amide bonds. The Bertz CT molecular complexity index is 756. The molecule has 0 aliphatic carbocycles. The average molecular weight is 284 g/mol. The molecule has 3 rings (SSSR count). The zero-order valence-corrected chi connectivity index (χ0v) is 11.9. The summed E-state index contributed by atoms with van der Waals surface area (Å²) in [6, 6.07) is 11.9. The molecule has 3 aromatic rings. The summed E-state index contributed by atoms with van der Waals surface area (Å²) in [6.45, 7) is 2.82. The fourth-order valence-corrected chi connectivity index (χ4v) is 2.35. The van der Waals surface area contributed by atoms with Crippen LogP contribution in [-0.2, 0) is 6.54 Å². The molecule has 0 spiro atoms. The fraction of sp³-hybridized carbons (Fsp3) is 0.125. The van der Waals surface area contributed by atoms with E-state index in [1.54, 1.807) is 12.4 Å². The van der Waals surface area contributed by atoms with Gasteiger partial charge in [-0.1, -0.05) is 17.7 Å². The number of halogens is 1. The van der Waals surface area contributed by atoms with Gasteiger partial charge in [-0.25, -0.2) is 0 Å². The monoisotopic (exact) mass is 283 g/mol. The van der Waals surface area contributed by atoms with E-state index in [1.807, 2.05) is 36.4 Å². The average Bonchev–Trinajstić information content (AvgIpc) is 2.46. The van der Waals surface area contributed by atoms with Gasteiger partial charge in [0.05, 0.1) is 11.0 Å². The van der Waals surface area contributed by atoms with E-state index < -0.39 is 0 Å². The Morgan fingerprint density at radius 2 is 1.80 bits per heavy atom. The number of anilines is 1. The molecule has 0 saturated carbocycles. The Kier molecular flexibility index (Phi) is 3.52. The van der Waals surface area contributed by atoms with Crippen LogP contribution in [0.1, 0.15) is 11.1 Å². The number of benzene rings is 2. The molecule has 0 aliphatic heterocycles. The van der Waals surface area contributed by atoms with Crippen molar-refractivity contribution in [2.75, 3.05) is 5.32 Å². The summed E-state index contributed by atoms with van der Waals surface area (Å²) >= 11 is 5.96. The van der Waals surface area contributed by atoms with Crippen LogP contribution in [0.15, 0.2) is 48.8 Å². The van der Waals surface area contributed by atoms with Gasteiger partial charge in [0.25, 0.3) is 0 Å². The predicted molar refractivity (Wildman–Crippen MR) is 83.1 cm³/mol. The van der Waals surface area contributed by atoms with Crippen LogP contribution >= 0.6 is 11.6 Å². The lowest BCUT2D eigenvalue weighted by molar-refractivity contribution is 1.12. The Morgan fingerprint density at radius 3 is 2.60 bits per heavy atom. The summed E-state index contributed by atoms with van der Waals surface area (Å²) < 4.78 is 0. The van der Waals surface area contributed by atoms with Crippen LogP contribution in [0.3, 0.4) is 0 Å². The molecule has 0 radical (unpaired) electrons. The Labute approximate surface area is 122 Å². The molecule has 0 fully saturated rings. The van der Waals surface area contributed by atoms with E-state index in [0.717, 1.165) is 28.3 Å². The third-order valence-electron chi connectivity index (χ3n) is 3.26. The fourth-order valence-electron chi connectivity index (χ4n) is 2.13. The molecule has 20 heavy (non-hydrogen) atoms. The highest BCUT2D eigenvalue weighted by Crippen LogP contribution is 2.19. The number of nitrogens with one attached hydrogen (secondary N) is 1. The van der Waals surface area contributed by atoms with Gasteiger partial charge in [0.2, 0.25) is 0 Å². The summed E-state index contributed by atoms with van der Waals surface area (Å²) in [6.07, 6.45) is 3.40. The van der Waals surface area contributed by atoms with Gasteiger partial charge in [-0.05, 0) is 48.4 Å². The van der Waals surface area contributed by atoms with E-state index >= 15 is 0 Å². The summed E-state index contributed by atoms with van der Waals surface area (Å²) in [7, 11) is 0. The summed E-state index contributed by atoms with van der Waals surface area (Å²) in [4.78, 5) is 8.57. The second-order valence-corrected chi connectivity index (χ2v) is 5.12. The van der Waals surface area contributed by atoms with Crippen molar-refractivity contribution >= 4 is 28.3 Å². The molecule has 4 heteroatoms. The van der Waals surface area contributed by atoms with E-state index in [0.29, 0.717) is 0 Å². The highest BCUT2D eigenvalue weighted by molar-refractivity contribution is 6.30. The second kappa shape index (κ2) is 5.47. The first-order chi connectivity index (χ1) is 9.72. The van der Waals surface area contributed by atoms with Crippen molar-refractivity contribution in [2.45, 2.75) is 13.5 Å². The van der Waals surface area contributed by atoms with Gasteiger partial charge in [0.1, 0.15) is 0 Å². The molecule has 1 aromatic heterocycles. The summed E-state index contributed by atoms with van der Waals surface area (Å²) in [5.74, 6) is 0. The van der Waals surface area contributed by atoms with Crippen LogP contribution in [-0.4, -0.2) is 9.97 Å². The van der Waals surface area contributed by atoms with E-state index in [9.17, 15) is 0 Å². The van der Waals surface area contributed by atoms with E-state index in [2.05, 4.69) is 22.2 Å². The molecule has 0 unspecified atom stereocenters. The molecule has 100 valence electrons. The number of hydrogen-bond donors (Lipinski definition) is 1. The zero-order chi connectivity index (χ0) is 13.9. The topological polar surface area (TPSA) is 37.8 Å². The van der Waals surface area contributed by atoms with Crippen LogP contribution in [0.2, 0.25) is 5.02 Å². The normalized spacial score (nSPS) is 10.7. The van der Waals surface area contributed by atoms with Crippen molar-refractivity contribution in [1.29, 1.82) is 0 Å². The molecule has 0 aliphatic rings. The molecular formula is C16H14ClN3. The quantitative estimate of drug-likeness (QED) is 0.783. The van der Waals surface area contributed by atoms with Crippen molar-refractivity contribution in [3.8, 4) is 0 Å². The maximum atomic E-state index is 5.96. The third-order valence-corrected chi connectivity index (χ3v) is 3.49. The van der Waals surface area contributed by atoms with Crippen LogP contribution in [0.5, 0.6) is 0 Å². The molecule has 1 heterocycles. The van der Waals surface area contributed by atoms with Crippen molar-refractivity contribution in [1.82, 2.24) is 9.97 Å².